The zero-order valence-electron chi connectivity index (χ0n) is 16.8. The lowest BCUT2D eigenvalue weighted by atomic mass is 10.0. The fourth-order valence-electron chi connectivity index (χ4n) is 3.15. The molecule has 0 bridgehead atoms. The van der Waals surface area contributed by atoms with Crippen molar-refractivity contribution in [1.29, 1.82) is 0 Å². The number of nitrogens with one attached hydrogen (secondary N) is 1. The van der Waals surface area contributed by atoms with Gasteiger partial charge in [-0.15, -0.1) is 0 Å². The van der Waals surface area contributed by atoms with Gasteiger partial charge >= 0.3 is 0 Å². The van der Waals surface area contributed by atoms with Crippen LogP contribution in [-0.2, 0) is 0 Å². The van der Waals surface area contributed by atoms with Gasteiger partial charge in [0.05, 0.1) is 20.8 Å². The van der Waals surface area contributed by atoms with Crippen molar-refractivity contribution < 1.29 is 24.2 Å². The third-order valence-corrected chi connectivity index (χ3v) is 4.70. The van der Waals surface area contributed by atoms with Crippen LogP contribution in [0.15, 0.2) is 54.6 Å². The quantitative estimate of drug-likeness (QED) is 0.318. The molecule has 0 atom stereocenters. The van der Waals surface area contributed by atoms with E-state index in [2.05, 4.69) is 5.32 Å². The highest BCUT2D eigenvalue weighted by Crippen LogP contribution is 2.29. The van der Waals surface area contributed by atoms with Crippen LogP contribution in [0.3, 0.4) is 0 Å². The van der Waals surface area contributed by atoms with E-state index in [1.54, 1.807) is 24.3 Å². The van der Waals surface area contributed by atoms with Gasteiger partial charge < -0.3 is 19.9 Å². The number of aliphatic hydroxyl groups is 1. The molecule has 3 aromatic carbocycles. The number of rotatable bonds is 9. The molecule has 3 aromatic rings. The molecule has 0 saturated carbocycles. The molecule has 0 fully saturated rings. The van der Waals surface area contributed by atoms with E-state index < -0.39 is 0 Å². The van der Waals surface area contributed by atoms with Gasteiger partial charge in [-0.3, -0.25) is 9.59 Å². The van der Waals surface area contributed by atoms with Crippen LogP contribution in [0.1, 0.15) is 26.3 Å². The van der Waals surface area contributed by atoms with Crippen LogP contribution in [-0.4, -0.2) is 44.5 Å². The third-order valence-electron chi connectivity index (χ3n) is 4.70. The molecule has 0 aromatic heterocycles. The van der Waals surface area contributed by atoms with E-state index in [1.807, 2.05) is 30.3 Å². The zero-order chi connectivity index (χ0) is 21.5. The first kappa shape index (κ1) is 21.1. The topological polar surface area (TPSA) is 84.9 Å². The Kier molecular flexibility index (Phi) is 6.83. The average Bonchev–Trinajstić information content (AvgIpc) is 2.79. The molecule has 6 heteroatoms. The molecule has 6 nitrogen and oxygen atoms in total. The molecule has 0 heterocycles. The maximum absolute atomic E-state index is 12.7. The smallest absolute Gasteiger partial charge is 0.185 e. The van der Waals surface area contributed by atoms with Gasteiger partial charge in [0.15, 0.2) is 12.1 Å². The van der Waals surface area contributed by atoms with Crippen molar-refractivity contribution in [1.82, 2.24) is 0 Å². The Hall–Kier alpha value is -3.64. The van der Waals surface area contributed by atoms with Crippen LogP contribution >= 0.6 is 0 Å². The molecule has 0 aliphatic carbocycles. The minimum atomic E-state index is -0.186. The number of ether oxygens (including phenoxy) is 2. The molecule has 0 aliphatic heterocycles. The van der Waals surface area contributed by atoms with Crippen LogP contribution < -0.4 is 14.8 Å². The second-order valence-electron chi connectivity index (χ2n) is 6.58. The number of hydrogen-bond donors (Lipinski definition) is 2. The van der Waals surface area contributed by atoms with E-state index in [1.165, 1.54) is 20.3 Å². The van der Waals surface area contributed by atoms with Crippen LogP contribution in [0.5, 0.6) is 11.5 Å². The summed E-state index contributed by atoms with van der Waals surface area (Å²) in [6.45, 7) is 0.535. The number of methoxy groups -OCH3 is 2. The molecular weight excluding hydrogens is 382 g/mol. The lowest BCUT2D eigenvalue weighted by Gasteiger charge is -2.10. The summed E-state index contributed by atoms with van der Waals surface area (Å²) in [5.74, 6) is 0.760. The second kappa shape index (κ2) is 9.71. The second-order valence-corrected chi connectivity index (χ2v) is 6.58. The van der Waals surface area contributed by atoms with Crippen LogP contribution in [0, 0.1) is 0 Å². The molecule has 0 radical (unpaired) electrons. The summed E-state index contributed by atoms with van der Waals surface area (Å²) < 4.78 is 10.5. The molecule has 30 heavy (non-hydrogen) atoms. The summed E-state index contributed by atoms with van der Waals surface area (Å²) in [5.41, 5.74) is 2.33. The number of allylic oxidation sites excluding steroid dienone is 1. The Balaban J connectivity index is 1.87. The van der Waals surface area contributed by atoms with E-state index in [4.69, 9.17) is 14.6 Å². The van der Waals surface area contributed by atoms with Crippen molar-refractivity contribution in [2.45, 2.75) is 0 Å². The van der Waals surface area contributed by atoms with E-state index in [9.17, 15) is 9.59 Å². The first-order chi connectivity index (χ1) is 14.6. The molecule has 0 spiro atoms. The van der Waals surface area contributed by atoms with Crippen LogP contribution in [0.25, 0.3) is 16.8 Å². The Labute approximate surface area is 174 Å². The summed E-state index contributed by atoms with van der Waals surface area (Å²) in [7, 11) is 3.00. The minimum absolute atomic E-state index is 0.0581. The first-order valence-electron chi connectivity index (χ1n) is 9.41. The maximum Gasteiger partial charge on any atom is 0.185 e. The Morgan fingerprint density at radius 2 is 1.80 bits per heavy atom. The number of ketones is 1. The van der Waals surface area contributed by atoms with E-state index in [0.717, 1.165) is 16.5 Å². The number of aliphatic hydroxyl groups excluding tert-OH is 1. The van der Waals surface area contributed by atoms with Gasteiger partial charge in [0.2, 0.25) is 0 Å². The van der Waals surface area contributed by atoms with Crippen molar-refractivity contribution in [2.75, 3.05) is 32.7 Å². The monoisotopic (exact) mass is 405 g/mol. The van der Waals surface area contributed by atoms with Crippen molar-refractivity contribution in [2.24, 2.45) is 0 Å². The van der Waals surface area contributed by atoms with Crippen LogP contribution in [0.2, 0.25) is 0 Å². The fourth-order valence-corrected chi connectivity index (χ4v) is 3.15. The highest BCUT2D eigenvalue weighted by Gasteiger charge is 2.11. The average molecular weight is 405 g/mol. The van der Waals surface area contributed by atoms with E-state index in [-0.39, 0.29) is 12.4 Å². The van der Waals surface area contributed by atoms with Crippen molar-refractivity contribution in [3.63, 3.8) is 0 Å². The molecule has 0 saturated heterocycles. The third kappa shape index (κ3) is 4.67. The fraction of sp³-hybridized carbons (Fsp3) is 0.167. The standard InChI is InChI=1S/C24H23NO5/c1-29-21-13-19(15-27)22(24(14-21)30-2)7-8-23(28)18-4-3-17-12-20(25-9-10-26)6-5-16(17)11-18/h3-8,11-15,25-26H,9-10H2,1-2H3. The number of anilines is 1. The van der Waals surface area contributed by atoms with Crippen LogP contribution in [0.4, 0.5) is 5.69 Å². The number of carbonyl (C=O) groups excluding carboxylic acids is 2. The minimum Gasteiger partial charge on any atom is -0.497 e. The first-order valence-corrected chi connectivity index (χ1v) is 9.41. The number of aldehydes is 1. The SMILES string of the molecule is COc1cc(C=O)c(C=CC(=O)c2ccc3cc(NCCO)ccc3c2)c(OC)c1. The molecule has 0 aliphatic rings. The lowest BCUT2D eigenvalue weighted by Crippen LogP contribution is -2.05. The summed E-state index contributed by atoms with van der Waals surface area (Å²) in [4.78, 5) is 24.2. The molecule has 0 unspecified atom stereocenters. The molecule has 0 amide bonds. The Morgan fingerprint density at radius 1 is 1.03 bits per heavy atom. The van der Waals surface area contributed by atoms with Crippen molar-refractivity contribution in [3.05, 3.63) is 71.3 Å². The molecule has 154 valence electrons. The van der Waals surface area contributed by atoms with Crippen molar-refractivity contribution in [3.8, 4) is 11.5 Å². The molecule has 3 rings (SSSR count). The normalized spacial score (nSPS) is 10.9. The largest absolute Gasteiger partial charge is 0.497 e. The lowest BCUT2D eigenvalue weighted by molar-refractivity contribution is 0.104. The maximum atomic E-state index is 12.7. The van der Waals surface area contributed by atoms with Gasteiger partial charge in [-0.05, 0) is 47.2 Å². The van der Waals surface area contributed by atoms with Gasteiger partial charge in [-0.25, -0.2) is 0 Å². The summed E-state index contributed by atoms with van der Waals surface area (Å²) >= 11 is 0. The predicted octanol–water partition coefficient (Wildman–Crippen LogP) is 3.97. The Morgan fingerprint density at radius 3 is 2.50 bits per heavy atom. The summed E-state index contributed by atoms with van der Waals surface area (Å²) in [5, 5.41) is 14.0. The number of hydrogen-bond acceptors (Lipinski definition) is 6. The predicted molar refractivity (Wildman–Crippen MR) is 118 cm³/mol. The highest BCUT2D eigenvalue weighted by molar-refractivity contribution is 6.09. The molecular formula is C24H23NO5. The highest BCUT2D eigenvalue weighted by atomic mass is 16.5. The van der Waals surface area contributed by atoms with Gasteiger partial charge in [0, 0.05) is 35.0 Å². The van der Waals surface area contributed by atoms with Gasteiger partial charge in [0.1, 0.15) is 11.5 Å². The van der Waals surface area contributed by atoms with E-state index >= 15 is 0 Å². The summed E-state index contributed by atoms with van der Waals surface area (Å²) in [6, 6.07) is 14.5. The molecule has 2 N–H and O–H groups in total. The number of carbonyl (C=O) groups is 2. The number of fused-ring (bicyclic) bond motifs is 1. The van der Waals surface area contributed by atoms with Crippen molar-refractivity contribution >= 4 is 34.6 Å². The van der Waals surface area contributed by atoms with Gasteiger partial charge in [-0.2, -0.15) is 0 Å². The zero-order valence-corrected chi connectivity index (χ0v) is 16.8. The number of benzene rings is 3. The van der Waals surface area contributed by atoms with Gasteiger partial charge in [0.25, 0.3) is 0 Å². The van der Waals surface area contributed by atoms with E-state index in [0.29, 0.717) is 41.0 Å². The summed E-state index contributed by atoms with van der Waals surface area (Å²) in [6.07, 6.45) is 3.71. The Bertz CT molecular complexity index is 1100. The van der Waals surface area contributed by atoms with Gasteiger partial charge in [-0.1, -0.05) is 18.2 Å².